The van der Waals surface area contributed by atoms with Gasteiger partial charge in [-0.25, -0.2) is 14.5 Å². The molecule has 0 aliphatic carbocycles. The zero-order chi connectivity index (χ0) is 23.2. The van der Waals surface area contributed by atoms with E-state index in [1.807, 2.05) is 60.7 Å². The van der Waals surface area contributed by atoms with Gasteiger partial charge in [-0.15, -0.1) is 5.10 Å². The van der Waals surface area contributed by atoms with E-state index in [2.05, 4.69) is 17.0 Å². The van der Waals surface area contributed by atoms with Crippen molar-refractivity contribution < 1.29 is 14.7 Å². The normalized spacial score (nSPS) is 10.8. The van der Waals surface area contributed by atoms with Crippen molar-refractivity contribution in [3.05, 3.63) is 107 Å². The topological polar surface area (TPSA) is 85.1 Å². The molecular formula is C27H25N3O3. The molecule has 0 bridgehead atoms. The molecule has 0 amide bonds. The number of carboxylic acid groups (broad SMARTS) is 1. The standard InChI is InChI=1S/C27H25N3O3/c1-2-8-25-28-26(24(31)17-19-9-4-3-5-10-19)29-30(25)18-20-13-15-21(16-14-20)22-11-6-7-12-23(22)27(32)33/h3-7,9-16H,2,8,17-18H2,1H3,(H,32,33). The summed E-state index contributed by atoms with van der Waals surface area (Å²) >= 11 is 0. The molecule has 166 valence electrons. The van der Waals surface area contributed by atoms with Crippen LogP contribution in [0.5, 0.6) is 0 Å². The van der Waals surface area contributed by atoms with Gasteiger partial charge in [-0.2, -0.15) is 0 Å². The summed E-state index contributed by atoms with van der Waals surface area (Å²) in [5.41, 5.74) is 3.72. The van der Waals surface area contributed by atoms with Crippen LogP contribution in [0, 0.1) is 0 Å². The molecule has 4 aromatic rings. The number of aromatic nitrogens is 3. The number of carboxylic acids is 1. The first-order valence-electron chi connectivity index (χ1n) is 11.0. The highest BCUT2D eigenvalue weighted by Gasteiger charge is 2.17. The van der Waals surface area contributed by atoms with Crippen molar-refractivity contribution in [3.63, 3.8) is 0 Å². The van der Waals surface area contributed by atoms with Gasteiger partial charge >= 0.3 is 5.97 Å². The Labute approximate surface area is 192 Å². The molecule has 0 saturated heterocycles. The monoisotopic (exact) mass is 439 g/mol. The first kappa shape index (κ1) is 22.1. The van der Waals surface area contributed by atoms with Gasteiger partial charge in [0.15, 0.2) is 0 Å². The Kier molecular flexibility index (Phi) is 6.74. The van der Waals surface area contributed by atoms with Gasteiger partial charge in [0.2, 0.25) is 11.6 Å². The fraction of sp³-hybridized carbons (Fsp3) is 0.185. The van der Waals surface area contributed by atoms with E-state index in [0.717, 1.165) is 35.4 Å². The van der Waals surface area contributed by atoms with Gasteiger partial charge in [-0.3, -0.25) is 4.79 Å². The SMILES string of the molecule is CCCc1nc(C(=O)Cc2ccccc2)nn1Cc1ccc(-c2ccccc2C(=O)O)cc1. The number of rotatable bonds is 9. The van der Waals surface area contributed by atoms with Crippen LogP contribution >= 0.6 is 0 Å². The Bertz CT molecular complexity index is 1260. The smallest absolute Gasteiger partial charge is 0.336 e. The maximum Gasteiger partial charge on any atom is 0.336 e. The first-order chi connectivity index (χ1) is 16.0. The molecular weight excluding hydrogens is 414 g/mol. The maximum absolute atomic E-state index is 12.7. The summed E-state index contributed by atoms with van der Waals surface area (Å²) in [5.74, 6) is -0.0179. The average Bonchev–Trinajstić information content (AvgIpc) is 3.23. The van der Waals surface area contributed by atoms with E-state index in [1.54, 1.807) is 22.9 Å². The molecule has 1 heterocycles. The lowest BCUT2D eigenvalue weighted by Gasteiger charge is -2.09. The van der Waals surface area contributed by atoms with Crippen LogP contribution in [-0.2, 0) is 19.4 Å². The van der Waals surface area contributed by atoms with Gasteiger partial charge in [-0.1, -0.05) is 79.7 Å². The number of Topliss-reactive ketones (excluding diaryl/α,β-unsaturated/α-hetero) is 1. The van der Waals surface area contributed by atoms with Crippen molar-refractivity contribution in [2.75, 3.05) is 0 Å². The van der Waals surface area contributed by atoms with E-state index in [4.69, 9.17) is 0 Å². The Balaban J connectivity index is 1.55. The third-order valence-electron chi connectivity index (χ3n) is 5.43. The van der Waals surface area contributed by atoms with Crippen LogP contribution in [0.1, 0.15) is 51.3 Å². The Morgan fingerprint density at radius 2 is 1.58 bits per heavy atom. The van der Waals surface area contributed by atoms with Crippen LogP contribution in [0.25, 0.3) is 11.1 Å². The Morgan fingerprint density at radius 3 is 2.27 bits per heavy atom. The van der Waals surface area contributed by atoms with Crippen molar-refractivity contribution in [1.82, 2.24) is 14.8 Å². The predicted molar refractivity (Wildman–Crippen MR) is 126 cm³/mol. The summed E-state index contributed by atoms with van der Waals surface area (Å²) < 4.78 is 1.79. The molecule has 33 heavy (non-hydrogen) atoms. The number of ketones is 1. The van der Waals surface area contributed by atoms with Gasteiger partial charge in [0.1, 0.15) is 5.82 Å². The summed E-state index contributed by atoms with van der Waals surface area (Å²) in [6.07, 6.45) is 1.90. The second-order valence-corrected chi connectivity index (χ2v) is 7.89. The lowest BCUT2D eigenvalue weighted by Crippen LogP contribution is -2.09. The van der Waals surface area contributed by atoms with Crippen LogP contribution in [0.4, 0.5) is 0 Å². The molecule has 0 aliphatic heterocycles. The number of carbonyl (C=O) groups excluding carboxylic acids is 1. The first-order valence-corrected chi connectivity index (χ1v) is 11.0. The lowest BCUT2D eigenvalue weighted by atomic mass is 9.99. The minimum absolute atomic E-state index is 0.0991. The zero-order valence-corrected chi connectivity index (χ0v) is 18.4. The molecule has 6 heteroatoms. The van der Waals surface area contributed by atoms with Crippen LogP contribution in [-0.4, -0.2) is 31.6 Å². The van der Waals surface area contributed by atoms with E-state index in [1.165, 1.54) is 0 Å². The van der Waals surface area contributed by atoms with Crippen molar-refractivity contribution >= 4 is 11.8 Å². The molecule has 0 radical (unpaired) electrons. The van der Waals surface area contributed by atoms with Crippen molar-refractivity contribution in [3.8, 4) is 11.1 Å². The molecule has 3 aromatic carbocycles. The Morgan fingerprint density at radius 1 is 0.879 bits per heavy atom. The van der Waals surface area contributed by atoms with E-state index in [9.17, 15) is 14.7 Å². The van der Waals surface area contributed by atoms with Gasteiger partial charge in [-0.05, 0) is 34.7 Å². The molecule has 0 saturated carbocycles. The van der Waals surface area contributed by atoms with Gasteiger partial charge in [0.25, 0.3) is 0 Å². The van der Waals surface area contributed by atoms with Gasteiger partial charge in [0, 0.05) is 12.8 Å². The molecule has 1 aromatic heterocycles. The van der Waals surface area contributed by atoms with Crippen molar-refractivity contribution in [2.45, 2.75) is 32.7 Å². The van der Waals surface area contributed by atoms with Crippen molar-refractivity contribution in [2.24, 2.45) is 0 Å². The third kappa shape index (κ3) is 5.23. The molecule has 0 aliphatic rings. The summed E-state index contributed by atoms with van der Waals surface area (Å²) in [7, 11) is 0. The highest BCUT2D eigenvalue weighted by atomic mass is 16.4. The quantitative estimate of drug-likeness (QED) is 0.368. The number of nitrogens with zero attached hydrogens (tertiary/aromatic N) is 3. The highest BCUT2D eigenvalue weighted by Crippen LogP contribution is 2.24. The summed E-state index contributed by atoms with van der Waals surface area (Å²) in [4.78, 5) is 28.8. The van der Waals surface area contributed by atoms with Gasteiger partial charge < -0.3 is 5.11 Å². The fourth-order valence-corrected chi connectivity index (χ4v) is 3.77. The van der Waals surface area contributed by atoms with Crippen LogP contribution in [0.15, 0.2) is 78.9 Å². The minimum Gasteiger partial charge on any atom is -0.478 e. The molecule has 0 unspecified atom stereocenters. The number of aromatic carboxylic acids is 1. The van der Waals surface area contributed by atoms with E-state index >= 15 is 0 Å². The number of carbonyl (C=O) groups is 2. The second kappa shape index (κ2) is 10.0. The molecule has 0 atom stereocenters. The largest absolute Gasteiger partial charge is 0.478 e. The summed E-state index contributed by atoms with van der Waals surface area (Å²) in [6.45, 7) is 2.56. The number of hydrogen-bond acceptors (Lipinski definition) is 4. The van der Waals surface area contributed by atoms with E-state index in [-0.39, 0.29) is 23.6 Å². The van der Waals surface area contributed by atoms with Crippen LogP contribution in [0.2, 0.25) is 0 Å². The third-order valence-corrected chi connectivity index (χ3v) is 5.43. The second-order valence-electron chi connectivity index (χ2n) is 7.89. The average molecular weight is 440 g/mol. The summed E-state index contributed by atoms with van der Waals surface area (Å²) in [5, 5.41) is 14.0. The number of hydrogen-bond donors (Lipinski definition) is 1. The minimum atomic E-state index is -0.950. The van der Waals surface area contributed by atoms with E-state index in [0.29, 0.717) is 12.1 Å². The van der Waals surface area contributed by atoms with Crippen molar-refractivity contribution in [1.29, 1.82) is 0 Å². The Hall–Kier alpha value is -4.06. The molecule has 4 rings (SSSR count). The highest BCUT2D eigenvalue weighted by molar-refractivity contribution is 5.96. The molecule has 0 fully saturated rings. The summed E-state index contributed by atoms with van der Waals surface area (Å²) in [6, 6.07) is 24.3. The lowest BCUT2D eigenvalue weighted by molar-refractivity contribution is 0.0697. The van der Waals surface area contributed by atoms with Gasteiger partial charge in [0.05, 0.1) is 12.1 Å². The fourth-order valence-electron chi connectivity index (χ4n) is 3.77. The molecule has 1 N–H and O–H groups in total. The molecule has 0 spiro atoms. The predicted octanol–water partition coefficient (Wildman–Crippen LogP) is 5.07. The number of benzene rings is 3. The maximum atomic E-state index is 12.7. The van der Waals surface area contributed by atoms with Crippen LogP contribution < -0.4 is 0 Å². The zero-order valence-electron chi connectivity index (χ0n) is 18.4. The van der Waals surface area contributed by atoms with E-state index < -0.39 is 5.97 Å². The number of aryl methyl sites for hydroxylation is 1. The van der Waals surface area contributed by atoms with Crippen LogP contribution in [0.3, 0.4) is 0 Å². The molecule has 6 nitrogen and oxygen atoms in total.